The van der Waals surface area contributed by atoms with Gasteiger partial charge < -0.3 is 9.30 Å². The van der Waals surface area contributed by atoms with Crippen molar-refractivity contribution in [1.82, 2.24) is 9.55 Å². The van der Waals surface area contributed by atoms with E-state index in [4.69, 9.17) is 4.74 Å². The molecule has 0 N–H and O–H groups in total. The minimum atomic E-state index is 0.573. The van der Waals surface area contributed by atoms with Gasteiger partial charge >= 0.3 is 0 Å². The third-order valence-corrected chi connectivity index (χ3v) is 2.97. The molecular weight excluding hydrogens is 224 g/mol. The molecule has 0 aliphatic rings. The largest absolute Gasteiger partial charge is 0.487 e. The second-order valence-electron chi connectivity index (χ2n) is 4.64. The van der Waals surface area contributed by atoms with E-state index >= 15 is 0 Å². The summed E-state index contributed by atoms with van der Waals surface area (Å²) in [6.45, 7) is 7.89. The van der Waals surface area contributed by atoms with Gasteiger partial charge in [-0.15, -0.1) is 0 Å². The second kappa shape index (κ2) is 5.71. The number of benzene rings is 1. The summed E-state index contributed by atoms with van der Waals surface area (Å²) in [5.41, 5.74) is 3.56. The van der Waals surface area contributed by atoms with Crippen molar-refractivity contribution in [2.75, 3.05) is 0 Å². The van der Waals surface area contributed by atoms with E-state index in [1.165, 1.54) is 11.1 Å². The Labute approximate surface area is 108 Å². The third kappa shape index (κ3) is 2.92. The first kappa shape index (κ1) is 12.7. The van der Waals surface area contributed by atoms with Crippen LogP contribution in [-0.4, -0.2) is 9.55 Å². The monoisotopic (exact) mass is 244 g/mol. The van der Waals surface area contributed by atoms with Crippen LogP contribution in [-0.2, 0) is 13.2 Å². The minimum Gasteiger partial charge on any atom is -0.487 e. The van der Waals surface area contributed by atoms with Crippen molar-refractivity contribution in [3.63, 3.8) is 0 Å². The highest BCUT2D eigenvalue weighted by atomic mass is 16.5. The summed E-state index contributed by atoms with van der Waals surface area (Å²) in [5.74, 6) is 0.949. The fourth-order valence-corrected chi connectivity index (χ4v) is 2.02. The number of rotatable bonds is 5. The molecule has 96 valence electrons. The molecule has 0 bridgehead atoms. The molecule has 0 radical (unpaired) electrons. The van der Waals surface area contributed by atoms with Gasteiger partial charge in [0.2, 0.25) is 0 Å². The first-order valence-electron chi connectivity index (χ1n) is 6.39. The van der Waals surface area contributed by atoms with Crippen LogP contribution in [0.5, 0.6) is 5.75 Å². The lowest BCUT2D eigenvalue weighted by Gasteiger charge is -2.11. The summed E-state index contributed by atoms with van der Waals surface area (Å²) in [5, 5.41) is 0. The fourth-order valence-electron chi connectivity index (χ4n) is 2.02. The number of ether oxygens (including phenoxy) is 1. The maximum atomic E-state index is 5.86. The van der Waals surface area contributed by atoms with Gasteiger partial charge in [0, 0.05) is 6.54 Å². The average molecular weight is 244 g/mol. The Morgan fingerprint density at radius 2 is 2.11 bits per heavy atom. The number of aromatic nitrogens is 2. The molecule has 0 spiro atoms. The molecule has 18 heavy (non-hydrogen) atoms. The SMILES string of the molecule is CCCn1cncc1COc1ccc(C)cc1C. The number of hydrogen-bond donors (Lipinski definition) is 0. The molecule has 0 aliphatic carbocycles. The van der Waals surface area contributed by atoms with Crippen molar-refractivity contribution >= 4 is 0 Å². The first-order valence-corrected chi connectivity index (χ1v) is 6.39. The normalized spacial score (nSPS) is 10.6. The highest BCUT2D eigenvalue weighted by Crippen LogP contribution is 2.20. The smallest absolute Gasteiger partial charge is 0.130 e. The Hall–Kier alpha value is -1.77. The van der Waals surface area contributed by atoms with Crippen LogP contribution in [0.1, 0.15) is 30.2 Å². The molecule has 0 fully saturated rings. The van der Waals surface area contributed by atoms with Crippen molar-refractivity contribution in [2.45, 2.75) is 40.3 Å². The van der Waals surface area contributed by atoms with E-state index in [1.54, 1.807) is 0 Å². The molecule has 2 aromatic rings. The van der Waals surface area contributed by atoms with Gasteiger partial charge in [-0.2, -0.15) is 0 Å². The van der Waals surface area contributed by atoms with E-state index in [2.05, 4.69) is 42.5 Å². The third-order valence-electron chi connectivity index (χ3n) is 2.97. The van der Waals surface area contributed by atoms with Crippen LogP contribution in [0.3, 0.4) is 0 Å². The van der Waals surface area contributed by atoms with Crippen LogP contribution in [0, 0.1) is 13.8 Å². The zero-order valence-corrected chi connectivity index (χ0v) is 11.3. The fraction of sp³-hybridized carbons (Fsp3) is 0.400. The first-order chi connectivity index (χ1) is 8.70. The summed E-state index contributed by atoms with van der Waals surface area (Å²) in [4.78, 5) is 4.17. The Morgan fingerprint density at radius 3 is 2.83 bits per heavy atom. The number of aryl methyl sites for hydroxylation is 3. The van der Waals surface area contributed by atoms with E-state index in [1.807, 2.05) is 18.6 Å². The quantitative estimate of drug-likeness (QED) is 0.805. The summed E-state index contributed by atoms with van der Waals surface area (Å²) < 4.78 is 8.00. The summed E-state index contributed by atoms with van der Waals surface area (Å²) in [7, 11) is 0. The van der Waals surface area contributed by atoms with Gasteiger partial charge in [0.25, 0.3) is 0 Å². The van der Waals surface area contributed by atoms with Crippen LogP contribution < -0.4 is 4.74 Å². The molecular formula is C15H20N2O. The molecule has 0 amide bonds. The van der Waals surface area contributed by atoms with Crippen LogP contribution in [0.25, 0.3) is 0 Å². The maximum absolute atomic E-state index is 5.86. The van der Waals surface area contributed by atoms with Gasteiger partial charge in [0.15, 0.2) is 0 Å². The molecule has 0 aliphatic heterocycles. The van der Waals surface area contributed by atoms with Gasteiger partial charge in [-0.25, -0.2) is 4.98 Å². The standard InChI is InChI=1S/C15H20N2O/c1-4-7-17-11-16-9-14(17)10-18-15-6-5-12(2)8-13(15)3/h5-6,8-9,11H,4,7,10H2,1-3H3. The zero-order chi connectivity index (χ0) is 13.0. The summed E-state index contributed by atoms with van der Waals surface area (Å²) in [6, 6.07) is 6.25. The number of nitrogens with zero attached hydrogens (tertiary/aromatic N) is 2. The molecule has 3 heteroatoms. The zero-order valence-electron chi connectivity index (χ0n) is 11.3. The Balaban J connectivity index is 2.04. The molecule has 0 unspecified atom stereocenters. The van der Waals surface area contributed by atoms with Crippen LogP contribution in [0.15, 0.2) is 30.7 Å². The molecule has 1 aromatic carbocycles. The molecule has 1 aromatic heterocycles. The molecule has 1 heterocycles. The average Bonchev–Trinajstić information content (AvgIpc) is 2.76. The van der Waals surface area contributed by atoms with Crippen LogP contribution in [0.2, 0.25) is 0 Å². The predicted octanol–water partition coefficient (Wildman–Crippen LogP) is 3.49. The van der Waals surface area contributed by atoms with E-state index in [0.717, 1.165) is 24.4 Å². The van der Waals surface area contributed by atoms with Crippen LogP contribution in [0.4, 0.5) is 0 Å². The van der Waals surface area contributed by atoms with E-state index in [-0.39, 0.29) is 0 Å². The van der Waals surface area contributed by atoms with Crippen LogP contribution >= 0.6 is 0 Å². The lowest BCUT2D eigenvalue weighted by atomic mass is 10.1. The molecule has 0 atom stereocenters. The predicted molar refractivity (Wildman–Crippen MR) is 72.8 cm³/mol. The van der Waals surface area contributed by atoms with E-state index < -0.39 is 0 Å². The van der Waals surface area contributed by atoms with E-state index in [0.29, 0.717) is 6.61 Å². The van der Waals surface area contributed by atoms with Crippen molar-refractivity contribution in [1.29, 1.82) is 0 Å². The summed E-state index contributed by atoms with van der Waals surface area (Å²) in [6.07, 6.45) is 4.84. The van der Waals surface area contributed by atoms with Gasteiger partial charge in [0.1, 0.15) is 12.4 Å². The molecule has 0 saturated heterocycles. The van der Waals surface area contributed by atoms with Gasteiger partial charge in [-0.3, -0.25) is 0 Å². The van der Waals surface area contributed by atoms with E-state index in [9.17, 15) is 0 Å². The Morgan fingerprint density at radius 1 is 1.28 bits per heavy atom. The number of hydrogen-bond acceptors (Lipinski definition) is 2. The molecule has 3 nitrogen and oxygen atoms in total. The van der Waals surface area contributed by atoms with Crippen molar-refractivity contribution in [3.8, 4) is 5.75 Å². The lowest BCUT2D eigenvalue weighted by Crippen LogP contribution is -2.05. The topological polar surface area (TPSA) is 27.1 Å². The minimum absolute atomic E-state index is 0.573. The molecule has 0 saturated carbocycles. The lowest BCUT2D eigenvalue weighted by molar-refractivity contribution is 0.292. The highest BCUT2D eigenvalue weighted by molar-refractivity contribution is 5.35. The maximum Gasteiger partial charge on any atom is 0.130 e. The van der Waals surface area contributed by atoms with Gasteiger partial charge in [0.05, 0.1) is 18.2 Å². The Kier molecular flexibility index (Phi) is 4.03. The Bertz CT molecular complexity index is 517. The van der Waals surface area contributed by atoms with Gasteiger partial charge in [-0.1, -0.05) is 24.6 Å². The second-order valence-corrected chi connectivity index (χ2v) is 4.64. The highest BCUT2D eigenvalue weighted by Gasteiger charge is 2.04. The van der Waals surface area contributed by atoms with Crippen molar-refractivity contribution < 1.29 is 4.74 Å². The summed E-state index contributed by atoms with van der Waals surface area (Å²) >= 11 is 0. The van der Waals surface area contributed by atoms with Crippen molar-refractivity contribution in [3.05, 3.63) is 47.5 Å². The van der Waals surface area contributed by atoms with Crippen molar-refractivity contribution in [2.24, 2.45) is 0 Å². The molecule has 2 rings (SSSR count). The number of imidazole rings is 1. The van der Waals surface area contributed by atoms with Gasteiger partial charge in [-0.05, 0) is 31.9 Å².